The summed E-state index contributed by atoms with van der Waals surface area (Å²) in [5.74, 6) is -0.424. The Morgan fingerprint density at radius 3 is 2.93 bits per heavy atom. The zero-order valence-electron chi connectivity index (χ0n) is 7.81. The number of benzene rings is 1. The Balaban J connectivity index is 2.76. The van der Waals surface area contributed by atoms with Gasteiger partial charge in [0.25, 0.3) is 0 Å². The van der Waals surface area contributed by atoms with Gasteiger partial charge in [0.05, 0.1) is 18.1 Å². The van der Waals surface area contributed by atoms with Crippen LogP contribution in [0.25, 0.3) is 0 Å². The topological polar surface area (TPSA) is 33.1 Å². The van der Waals surface area contributed by atoms with Crippen molar-refractivity contribution in [3.8, 4) is 0 Å². The summed E-state index contributed by atoms with van der Waals surface area (Å²) < 4.78 is 18.2. The summed E-state index contributed by atoms with van der Waals surface area (Å²) >= 11 is 5.59. The Morgan fingerprint density at radius 1 is 1.57 bits per heavy atom. The highest BCUT2D eigenvalue weighted by atomic mass is 35.5. The van der Waals surface area contributed by atoms with Crippen LogP contribution in [0.5, 0.6) is 0 Å². The molecule has 4 heteroatoms. The zero-order chi connectivity index (χ0) is 10.6. The number of hydrogen-bond donors (Lipinski definition) is 1. The lowest BCUT2D eigenvalue weighted by Gasteiger charge is -2.06. The lowest BCUT2D eigenvalue weighted by atomic mass is 10.1. The van der Waals surface area contributed by atoms with Crippen LogP contribution in [-0.4, -0.2) is 12.5 Å². The van der Waals surface area contributed by atoms with Crippen LogP contribution in [0.1, 0.15) is 12.5 Å². The Bertz CT molecular complexity index is 341. The Morgan fingerprint density at radius 2 is 2.29 bits per heavy atom. The van der Waals surface area contributed by atoms with Crippen LogP contribution in [0, 0.1) is 11.2 Å². The first-order chi connectivity index (χ1) is 6.65. The number of nitrogens with one attached hydrogen (secondary N) is 1. The largest absolute Gasteiger partial charge is 0.481 e. The normalized spacial score (nSPS) is 9.93. The second-order valence-electron chi connectivity index (χ2n) is 2.75. The van der Waals surface area contributed by atoms with Gasteiger partial charge in [0, 0.05) is 0 Å². The third-order valence-corrected chi connectivity index (χ3v) is 1.99. The molecular weight excluding hydrogens is 205 g/mol. The average molecular weight is 216 g/mol. The summed E-state index contributed by atoms with van der Waals surface area (Å²) in [4.78, 5) is 0. The lowest BCUT2D eigenvalue weighted by molar-refractivity contribution is 0.316. The van der Waals surface area contributed by atoms with Crippen LogP contribution < -0.4 is 0 Å². The molecule has 1 rings (SSSR count). The predicted molar refractivity (Wildman–Crippen MR) is 54.5 cm³/mol. The number of hydrogen-bond acceptors (Lipinski definition) is 2. The Labute approximate surface area is 87.2 Å². The van der Waals surface area contributed by atoms with Crippen LogP contribution in [0.2, 0.25) is 5.02 Å². The summed E-state index contributed by atoms with van der Waals surface area (Å²) in [5, 5.41) is 7.44. The third kappa shape index (κ3) is 2.70. The van der Waals surface area contributed by atoms with Gasteiger partial charge in [-0.3, -0.25) is 5.41 Å². The van der Waals surface area contributed by atoms with Gasteiger partial charge in [0.2, 0.25) is 0 Å². The van der Waals surface area contributed by atoms with Crippen molar-refractivity contribution in [2.45, 2.75) is 13.3 Å². The number of halogens is 2. The van der Waals surface area contributed by atoms with Crippen molar-refractivity contribution in [1.29, 1.82) is 5.41 Å². The van der Waals surface area contributed by atoms with E-state index in [-0.39, 0.29) is 17.3 Å². The van der Waals surface area contributed by atoms with Crippen molar-refractivity contribution < 1.29 is 9.13 Å². The van der Waals surface area contributed by atoms with E-state index in [2.05, 4.69) is 0 Å². The molecule has 0 unspecified atom stereocenters. The minimum absolute atomic E-state index is 0.0497. The number of ether oxygens (including phenoxy) is 1. The molecule has 0 atom stereocenters. The molecule has 2 nitrogen and oxygen atoms in total. The maximum atomic E-state index is 13.3. The van der Waals surface area contributed by atoms with Gasteiger partial charge in [-0.2, -0.15) is 0 Å². The first-order valence-electron chi connectivity index (χ1n) is 4.28. The van der Waals surface area contributed by atoms with Crippen LogP contribution >= 0.6 is 11.6 Å². The fourth-order valence-electron chi connectivity index (χ4n) is 1.08. The Hall–Kier alpha value is -1.09. The molecule has 1 N–H and O–H groups in total. The van der Waals surface area contributed by atoms with Crippen molar-refractivity contribution in [1.82, 2.24) is 0 Å². The summed E-state index contributed by atoms with van der Waals surface area (Å²) in [6.45, 7) is 2.20. The smallest absolute Gasteiger partial charge is 0.184 e. The lowest BCUT2D eigenvalue weighted by Crippen LogP contribution is -2.07. The van der Waals surface area contributed by atoms with Crippen molar-refractivity contribution in [3.63, 3.8) is 0 Å². The van der Waals surface area contributed by atoms with Gasteiger partial charge in [0.1, 0.15) is 5.82 Å². The third-order valence-electron chi connectivity index (χ3n) is 1.70. The van der Waals surface area contributed by atoms with Crippen molar-refractivity contribution in [2.24, 2.45) is 0 Å². The van der Waals surface area contributed by atoms with E-state index in [1.54, 1.807) is 19.1 Å². The molecule has 14 heavy (non-hydrogen) atoms. The maximum Gasteiger partial charge on any atom is 0.184 e. The molecule has 0 radical (unpaired) electrons. The fraction of sp³-hybridized carbons (Fsp3) is 0.300. The highest BCUT2D eigenvalue weighted by molar-refractivity contribution is 6.30. The van der Waals surface area contributed by atoms with Gasteiger partial charge in [-0.05, 0) is 18.6 Å². The standard InChI is InChI=1S/C10H11ClFNO/c1-2-14-9(13)6-7-4-3-5-8(11)10(7)12/h3-5,13H,2,6H2,1H3. The van der Waals surface area contributed by atoms with Gasteiger partial charge in [-0.25, -0.2) is 4.39 Å². The van der Waals surface area contributed by atoms with Crippen LogP contribution in [-0.2, 0) is 11.2 Å². The average Bonchev–Trinajstić information content (AvgIpc) is 2.13. The molecule has 0 aliphatic carbocycles. The van der Waals surface area contributed by atoms with E-state index in [4.69, 9.17) is 21.7 Å². The molecule has 0 aliphatic heterocycles. The van der Waals surface area contributed by atoms with Gasteiger partial charge in [-0.1, -0.05) is 23.7 Å². The van der Waals surface area contributed by atoms with Gasteiger partial charge >= 0.3 is 0 Å². The van der Waals surface area contributed by atoms with E-state index in [1.165, 1.54) is 6.07 Å². The van der Waals surface area contributed by atoms with Crippen LogP contribution in [0.15, 0.2) is 18.2 Å². The monoisotopic (exact) mass is 215 g/mol. The number of rotatable bonds is 3. The van der Waals surface area contributed by atoms with E-state index < -0.39 is 5.82 Å². The molecule has 1 aromatic rings. The van der Waals surface area contributed by atoms with Gasteiger partial charge in [0.15, 0.2) is 5.90 Å². The molecule has 0 amide bonds. The molecule has 76 valence electrons. The molecule has 0 aliphatic rings. The van der Waals surface area contributed by atoms with E-state index in [0.29, 0.717) is 12.2 Å². The first kappa shape index (κ1) is 11.0. The highest BCUT2D eigenvalue weighted by Gasteiger charge is 2.08. The van der Waals surface area contributed by atoms with E-state index in [0.717, 1.165) is 0 Å². The molecule has 0 saturated heterocycles. The zero-order valence-corrected chi connectivity index (χ0v) is 8.57. The molecule has 0 aromatic heterocycles. The summed E-state index contributed by atoms with van der Waals surface area (Å²) in [6, 6.07) is 4.72. The van der Waals surface area contributed by atoms with Crippen LogP contribution in [0.3, 0.4) is 0 Å². The quantitative estimate of drug-likeness (QED) is 0.610. The Kier molecular flexibility index (Phi) is 3.89. The van der Waals surface area contributed by atoms with E-state index in [1.807, 2.05) is 0 Å². The molecular formula is C10H11ClFNO. The van der Waals surface area contributed by atoms with Crippen LogP contribution in [0.4, 0.5) is 4.39 Å². The highest BCUT2D eigenvalue weighted by Crippen LogP contribution is 2.18. The molecule has 0 fully saturated rings. The minimum atomic E-state index is -0.474. The van der Waals surface area contributed by atoms with Gasteiger partial charge in [-0.15, -0.1) is 0 Å². The molecule has 0 heterocycles. The van der Waals surface area contributed by atoms with Crippen molar-refractivity contribution in [3.05, 3.63) is 34.6 Å². The fourth-order valence-corrected chi connectivity index (χ4v) is 1.28. The van der Waals surface area contributed by atoms with Crippen molar-refractivity contribution >= 4 is 17.5 Å². The first-order valence-corrected chi connectivity index (χ1v) is 4.66. The maximum absolute atomic E-state index is 13.3. The molecule has 0 saturated carbocycles. The minimum Gasteiger partial charge on any atom is -0.481 e. The van der Waals surface area contributed by atoms with E-state index >= 15 is 0 Å². The van der Waals surface area contributed by atoms with E-state index in [9.17, 15) is 4.39 Å². The molecule has 0 bridgehead atoms. The van der Waals surface area contributed by atoms with Crippen molar-refractivity contribution in [2.75, 3.05) is 6.61 Å². The second-order valence-corrected chi connectivity index (χ2v) is 3.15. The molecule has 0 spiro atoms. The predicted octanol–water partition coefficient (Wildman–Crippen LogP) is 3.04. The van der Waals surface area contributed by atoms with Gasteiger partial charge < -0.3 is 4.74 Å². The summed E-state index contributed by atoms with van der Waals surface area (Å²) in [7, 11) is 0. The molecule has 1 aromatic carbocycles. The second kappa shape index (κ2) is 4.96. The SMILES string of the molecule is CCOC(=N)Cc1cccc(Cl)c1F. The summed E-state index contributed by atoms with van der Waals surface area (Å²) in [5.41, 5.74) is 0.385. The summed E-state index contributed by atoms with van der Waals surface area (Å²) in [6.07, 6.45) is 0.139.